The standard InChI is InChI=1S/C18H22N4O2/c1-12-9-22(10-13-4-6-19-7-5-13)11-16(12)20-18(23)15-8-17(24-21-15)14-2-3-14/h4-8,12,14,16H,2-3,9-11H2,1H3,(H,20,23)/t12-,16-/m0/s1. The van der Waals surface area contributed by atoms with Crippen LogP contribution in [0.5, 0.6) is 0 Å². The van der Waals surface area contributed by atoms with Gasteiger partial charge in [-0.2, -0.15) is 0 Å². The molecule has 4 rings (SSSR count). The predicted molar refractivity (Wildman–Crippen MR) is 88.4 cm³/mol. The van der Waals surface area contributed by atoms with E-state index in [9.17, 15) is 4.79 Å². The molecule has 1 aliphatic heterocycles. The molecular weight excluding hydrogens is 304 g/mol. The monoisotopic (exact) mass is 326 g/mol. The van der Waals surface area contributed by atoms with E-state index in [1.54, 1.807) is 6.07 Å². The molecule has 126 valence electrons. The van der Waals surface area contributed by atoms with Gasteiger partial charge in [-0.05, 0) is 36.5 Å². The molecule has 0 radical (unpaired) electrons. The molecule has 6 nitrogen and oxygen atoms in total. The van der Waals surface area contributed by atoms with Crippen molar-refractivity contribution in [2.75, 3.05) is 13.1 Å². The maximum absolute atomic E-state index is 12.4. The quantitative estimate of drug-likeness (QED) is 0.912. The highest BCUT2D eigenvalue weighted by Crippen LogP contribution is 2.40. The van der Waals surface area contributed by atoms with Gasteiger partial charge in [-0.15, -0.1) is 0 Å². The van der Waals surface area contributed by atoms with Gasteiger partial charge in [0.25, 0.3) is 5.91 Å². The van der Waals surface area contributed by atoms with Gasteiger partial charge in [0.15, 0.2) is 5.69 Å². The van der Waals surface area contributed by atoms with Crippen molar-refractivity contribution in [3.05, 3.63) is 47.6 Å². The number of hydrogen-bond donors (Lipinski definition) is 1. The fourth-order valence-corrected chi connectivity index (χ4v) is 3.33. The van der Waals surface area contributed by atoms with Crippen molar-refractivity contribution in [3.63, 3.8) is 0 Å². The number of amides is 1. The lowest BCUT2D eigenvalue weighted by Gasteiger charge is -2.16. The van der Waals surface area contributed by atoms with E-state index in [2.05, 4.69) is 27.3 Å². The Balaban J connectivity index is 1.34. The number of nitrogens with one attached hydrogen (secondary N) is 1. The van der Waals surface area contributed by atoms with Crippen LogP contribution in [0.15, 0.2) is 35.1 Å². The van der Waals surface area contributed by atoms with Gasteiger partial charge in [0, 0.05) is 50.1 Å². The van der Waals surface area contributed by atoms with Crippen molar-refractivity contribution in [2.45, 2.75) is 38.3 Å². The Labute approximate surface area is 141 Å². The van der Waals surface area contributed by atoms with Crippen LogP contribution >= 0.6 is 0 Å². The highest BCUT2D eigenvalue weighted by atomic mass is 16.5. The third-order valence-corrected chi connectivity index (χ3v) is 4.90. The van der Waals surface area contributed by atoms with E-state index in [0.29, 0.717) is 17.5 Å². The molecule has 0 aromatic carbocycles. The van der Waals surface area contributed by atoms with Crippen molar-refractivity contribution in [3.8, 4) is 0 Å². The van der Waals surface area contributed by atoms with Crippen LogP contribution in [0.4, 0.5) is 0 Å². The zero-order chi connectivity index (χ0) is 16.5. The highest BCUT2D eigenvalue weighted by Gasteiger charge is 2.32. The molecule has 1 N–H and O–H groups in total. The average Bonchev–Trinajstić information content (AvgIpc) is 3.21. The molecule has 0 bridgehead atoms. The minimum atomic E-state index is -0.131. The summed E-state index contributed by atoms with van der Waals surface area (Å²) in [6.07, 6.45) is 5.91. The predicted octanol–water partition coefficient (Wildman–Crippen LogP) is 2.20. The molecule has 2 aromatic rings. The minimum absolute atomic E-state index is 0.131. The van der Waals surface area contributed by atoms with E-state index in [1.165, 1.54) is 5.56 Å². The maximum atomic E-state index is 12.4. The minimum Gasteiger partial charge on any atom is -0.360 e. The van der Waals surface area contributed by atoms with Crippen LogP contribution in [0.25, 0.3) is 0 Å². The number of carbonyl (C=O) groups excluding carboxylic acids is 1. The SMILES string of the molecule is C[C@H]1CN(Cc2ccncc2)C[C@@H]1NC(=O)c1cc(C2CC2)on1. The second-order valence-corrected chi connectivity index (χ2v) is 7.00. The molecule has 0 unspecified atom stereocenters. The first kappa shape index (κ1) is 15.3. The summed E-state index contributed by atoms with van der Waals surface area (Å²) in [7, 11) is 0. The molecule has 2 aromatic heterocycles. The molecule has 3 heterocycles. The van der Waals surface area contributed by atoms with Crippen LogP contribution in [0.3, 0.4) is 0 Å². The Bertz CT molecular complexity index is 711. The fraction of sp³-hybridized carbons (Fsp3) is 0.500. The first-order valence-electron chi connectivity index (χ1n) is 8.58. The summed E-state index contributed by atoms with van der Waals surface area (Å²) in [5, 5.41) is 7.04. The third-order valence-electron chi connectivity index (χ3n) is 4.90. The van der Waals surface area contributed by atoms with Crippen LogP contribution in [0.2, 0.25) is 0 Å². The van der Waals surface area contributed by atoms with E-state index < -0.39 is 0 Å². The third kappa shape index (κ3) is 3.33. The summed E-state index contributed by atoms with van der Waals surface area (Å²) in [6.45, 7) is 4.88. The van der Waals surface area contributed by atoms with Crippen molar-refractivity contribution in [2.24, 2.45) is 5.92 Å². The summed E-state index contributed by atoms with van der Waals surface area (Å²) >= 11 is 0. The van der Waals surface area contributed by atoms with Gasteiger partial charge < -0.3 is 9.84 Å². The normalized spacial score (nSPS) is 24.2. The number of rotatable bonds is 5. The number of carbonyl (C=O) groups is 1. The van der Waals surface area contributed by atoms with Crippen LogP contribution in [0.1, 0.15) is 47.5 Å². The van der Waals surface area contributed by atoms with Crippen molar-refractivity contribution < 1.29 is 9.32 Å². The second kappa shape index (κ2) is 6.36. The van der Waals surface area contributed by atoms with Crippen LogP contribution in [-0.2, 0) is 6.54 Å². The highest BCUT2D eigenvalue weighted by molar-refractivity contribution is 5.92. The topological polar surface area (TPSA) is 71.3 Å². The number of aromatic nitrogens is 2. The number of likely N-dealkylation sites (tertiary alicyclic amines) is 1. The number of nitrogens with zero attached hydrogens (tertiary/aromatic N) is 3. The molecule has 1 saturated carbocycles. The molecule has 1 saturated heterocycles. The Morgan fingerprint density at radius 3 is 2.88 bits per heavy atom. The largest absolute Gasteiger partial charge is 0.360 e. The van der Waals surface area contributed by atoms with Crippen LogP contribution in [-0.4, -0.2) is 40.1 Å². The van der Waals surface area contributed by atoms with Gasteiger partial charge in [0.2, 0.25) is 0 Å². The van der Waals surface area contributed by atoms with Gasteiger partial charge in [0.05, 0.1) is 0 Å². The van der Waals surface area contributed by atoms with Gasteiger partial charge in [0.1, 0.15) is 5.76 Å². The Kier molecular flexibility index (Phi) is 4.06. The molecule has 2 atom stereocenters. The smallest absolute Gasteiger partial charge is 0.273 e. The van der Waals surface area contributed by atoms with Crippen molar-refractivity contribution >= 4 is 5.91 Å². The lowest BCUT2D eigenvalue weighted by molar-refractivity contribution is 0.0922. The maximum Gasteiger partial charge on any atom is 0.273 e. The van der Waals surface area contributed by atoms with E-state index in [-0.39, 0.29) is 11.9 Å². The van der Waals surface area contributed by atoms with E-state index in [0.717, 1.165) is 38.2 Å². The lowest BCUT2D eigenvalue weighted by Crippen LogP contribution is -2.39. The summed E-state index contributed by atoms with van der Waals surface area (Å²) < 4.78 is 5.27. The summed E-state index contributed by atoms with van der Waals surface area (Å²) in [4.78, 5) is 18.8. The first-order valence-corrected chi connectivity index (χ1v) is 8.58. The van der Waals surface area contributed by atoms with E-state index >= 15 is 0 Å². The number of pyridine rings is 1. The molecule has 1 aliphatic carbocycles. The zero-order valence-corrected chi connectivity index (χ0v) is 13.8. The molecule has 24 heavy (non-hydrogen) atoms. The number of hydrogen-bond acceptors (Lipinski definition) is 5. The molecule has 1 amide bonds. The Morgan fingerprint density at radius 2 is 2.12 bits per heavy atom. The lowest BCUT2D eigenvalue weighted by atomic mass is 10.1. The fourth-order valence-electron chi connectivity index (χ4n) is 3.33. The first-order chi connectivity index (χ1) is 11.7. The van der Waals surface area contributed by atoms with Gasteiger partial charge in [-0.25, -0.2) is 0 Å². The molecule has 6 heteroatoms. The van der Waals surface area contributed by atoms with Crippen molar-refractivity contribution in [1.82, 2.24) is 20.4 Å². The van der Waals surface area contributed by atoms with Crippen LogP contribution < -0.4 is 5.32 Å². The Morgan fingerprint density at radius 1 is 1.33 bits per heavy atom. The molecule has 2 aliphatic rings. The summed E-state index contributed by atoms with van der Waals surface area (Å²) in [6, 6.07) is 6.00. The van der Waals surface area contributed by atoms with Gasteiger partial charge in [-0.3, -0.25) is 14.7 Å². The average molecular weight is 326 g/mol. The molecule has 0 spiro atoms. The zero-order valence-electron chi connectivity index (χ0n) is 13.8. The Hall–Kier alpha value is -2.21. The summed E-state index contributed by atoms with van der Waals surface area (Å²) in [5.74, 6) is 1.60. The summed E-state index contributed by atoms with van der Waals surface area (Å²) in [5.41, 5.74) is 1.64. The van der Waals surface area contributed by atoms with E-state index in [1.807, 2.05) is 24.5 Å². The van der Waals surface area contributed by atoms with Crippen LogP contribution in [0, 0.1) is 5.92 Å². The molecular formula is C18H22N4O2. The van der Waals surface area contributed by atoms with Gasteiger partial charge in [-0.1, -0.05) is 12.1 Å². The molecule has 2 fully saturated rings. The van der Waals surface area contributed by atoms with Gasteiger partial charge >= 0.3 is 0 Å². The van der Waals surface area contributed by atoms with E-state index in [4.69, 9.17) is 4.52 Å². The van der Waals surface area contributed by atoms with Crippen molar-refractivity contribution in [1.29, 1.82) is 0 Å². The second-order valence-electron chi connectivity index (χ2n) is 7.00.